The largest absolute Gasteiger partial charge is 0.508 e. The number of aliphatic imine (C=N–C) groups is 1. The number of aromatic hydroxyl groups is 1. The molecule has 116 valence electrons. The maximum Gasteiger partial charge on any atom is 0.161 e. The van der Waals surface area contributed by atoms with Gasteiger partial charge in [0.1, 0.15) is 5.75 Å². The van der Waals surface area contributed by atoms with Crippen LogP contribution in [0.5, 0.6) is 17.2 Å². The number of aliphatic hydroxyl groups is 1. The summed E-state index contributed by atoms with van der Waals surface area (Å²) in [5, 5.41) is 19.4. The maximum absolute atomic E-state index is 10.2. The summed E-state index contributed by atoms with van der Waals surface area (Å²) >= 11 is 0. The van der Waals surface area contributed by atoms with Crippen LogP contribution >= 0.6 is 0 Å². The van der Waals surface area contributed by atoms with Crippen LogP contribution in [0.25, 0.3) is 0 Å². The van der Waals surface area contributed by atoms with Gasteiger partial charge in [-0.25, -0.2) is 0 Å². The minimum Gasteiger partial charge on any atom is -0.508 e. The van der Waals surface area contributed by atoms with Crippen LogP contribution in [0.15, 0.2) is 47.5 Å². The molecule has 0 aliphatic rings. The normalized spacial score (nSPS) is 12.3. The first-order valence-electron chi connectivity index (χ1n) is 6.83. The summed E-state index contributed by atoms with van der Waals surface area (Å²) < 4.78 is 10.4. The molecular formula is C17H19NO4. The van der Waals surface area contributed by atoms with Crippen molar-refractivity contribution < 1.29 is 19.7 Å². The van der Waals surface area contributed by atoms with Gasteiger partial charge in [-0.05, 0) is 47.5 Å². The lowest BCUT2D eigenvalue weighted by Gasteiger charge is -2.12. The molecule has 2 rings (SSSR count). The van der Waals surface area contributed by atoms with Gasteiger partial charge < -0.3 is 19.7 Å². The second-order valence-corrected chi connectivity index (χ2v) is 4.72. The van der Waals surface area contributed by atoms with E-state index < -0.39 is 6.10 Å². The number of aliphatic hydroxyl groups excluding tert-OH is 1. The molecule has 0 aliphatic carbocycles. The van der Waals surface area contributed by atoms with E-state index in [-0.39, 0.29) is 12.3 Å². The Balaban J connectivity index is 2.02. The van der Waals surface area contributed by atoms with E-state index in [1.807, 2.05) is 0 Å². The van der Waals surface area contributed by atoms with Crippen LogP contribution in [0.3, 0.4) is 0 Å². The highest BCUT2D eigenvalue weighted by Gasteiger charge is 2.10. The number of rotatable bonds is 6. The molecule has 2 N–H and O–H groups in total. The number of ether oxygens (including phenoxy) is 2. The van der Waals surface area contributed by atoms with Gasteiger partial charge in [0, 0.05) is 6.21 Å². The van der Waals surface area contributed by atoms with Crippen LogP contribution in [0.1, 0.15) is 17.2 Å². The van der Waals surface area contributed by atoms with Crippen LogP contribution in [0.4, 0.5) is 0 Å². The first kappa shape index (κ1) is 15.9. The lowest BCUT2D eigenvalue weighted by Crippen LogP contribution is -2.03. The Labute approximate surface area is 129 Å². The van der Waals surface area contributed by atoms with Crippen molar-refractivity contribution in [1.82, 2.24) is 0 Å². The molecule has 0 spiro atoms. The monoisotopic (exact) mass is 301 g/mol. The predicted octanol–water partition coefficient (Wildman–Crippen LogP) is 2.56. The van der Waals surface area contributed by atoms with E-state index in [1.165, 1.54) is 0 Å². The number of hydrogen-bond acceptors (Lipinski definition) is 5. The fourth-order valence-electron chi connectivity index (χ4n) is 1.98. The van der Waals surface area contributed by atoms with Crippen LogP contribution in [0.2, 0.25) is 0 Å². The second-order valence-electron chi connectivity index (χ2n) is 4.72. The molecule has 22 heavy (non-hydrogen) atoms. The molecule has 0 saturated carbocycles. The summed E-state index contributed by atoms with van der Waals surface area (Å²) in [6.07, 6.45) is 0.928. The van der Waals surface area contributed by atoms with Gasteiger partial charge in [-0.3, -0.25) is 4.99 Å². The zero-order valence-electron chi connectivity index (χ0n) is 12.6. The van der Waals surface area contributed by atoms with Gasteiger partial charge in [-0.1, -0.05) is 6.07 Å². The number of nitrogens with zero attached hydrogens (tertiary/aromatic N) is 1. The lowest BCUT2D eigenvalue weighted by atomic mass is 10.1. The summed E-state index contributed by atoms with van der Waals surface area (Å²) in [7, 11) is 3.12. The first-order valence-corrected chi connectivity index (χ1v) is 6.83. The summed E-state index contributed by atoms with van der Waals surface area (Å²) in [6.45, 7) is 0.232. The van der Waals surface area contributed by atoms with Gasteiger partial charge in [-0.2, -0.15) is 0 Å². The average Bonchev–Trinajstić information content (AvgIpc) is 2.55. The molecule has 0 saturated heterocycles. The molecule has 5 heteroatoms. The maximum atomic E-state index is 10.2. The van der Waals surface area contributed by atoms with E-state index >= 15 is 0 Å². The van der Waals surface area contributed by atoms with Gasteiger partial charge in [-0.15, -0.1) is 0 Å². The van der Waals surface area contributed by atoms with E-state index in [0.717, 1.165) is 5.56 Å². The van der Waals surface area contributed by atoms with Gasteiger partial charge in [0.25, 0.3) is 0 Å². The van der Waals surface area contributed by atoms with Crippen molar-refractivity contribution in [3.63, 3.8) is 0 Å². The fourth-order valence-corrected chi connectivity index (χ4v) is 1.98. The first-order chi connectivity index (χ1) is 10.6. The summed E-state index contributed by atoms with van der Waals surface area (Å²) in [4.78, 5) is 4.22. The van der Waals surface area contributed by atoms with E-state index in [9.17, 15) is 10.2 Å². The molecule has 0 radical (unpaired) electrons. The molecule has 0 heterocycles. The van der Waals surface area contributed by atoms with Crippen LogP contribution in [0, 0.1) is 0 Å². The molecule has 2 aromatic carbocycles. The Bertz CT molecular complexity index is 638. The molecule has 1 atom stereocenters. The van der Waals surface area contributed by atoms with E-state index in [1.54, 1.807) is 62.9 Å². The molecule has 0 aromatic heterocycles. The molecular weight excluding hydrogens is 282 g/mol. The molecule has 5 nitrogen and oxygen atoms in total. The van der Waals surface area contributed by atoms with Crippen molar-refractivity contribution >= 4 is 6.21 Å². The van der Waals surface area contributed by atoms with Crippen molar-refractivity contribution in [3.8, 4) is 17.2 Å². The van der Waals surface area contributed by atoms with E-state index in [0.29, 0.717) is 17.1 Å². The van der Waals surface area contributed by atoms with Gasteiger partial charge >= 0.3 is 0 Å². The predicted molar refractivity (Wildman–Crippen MR) is 85.1 cm³/mol. The van der Waals surface area contributed by atoms with Gasteiger partial charge in [0.2, 0.25) is 0 Å². The topological polar surface area (TPSA) is 71.3 Å². The second kappa shape index (κ2) is 7.47. The molecule has 0 amide bonds. The smallest absolute Gasteiger partial charge is 0.161 e. The third kappa shape index (κ3) is 3.99. The number of hydrogen-bond donors (Lipinski definition) is 2. The summed E-state index contributed by atoms with van der Waals surface area (Å²) in [6, 6.07) is 11.9. The molecule has 0 aliphatic heterocycles. The number of phenolic OH excluding ortho intramolecular Hbond substituents is 1. The van der Waals surface area contributed by atoms with Crippen molar-refractivity contribution in [2.75, 3.05) is 20.8 Å². The average molecular weight is 301 g/mol. The van der Waals surface area contributed by atoms with E-state index in [2.05, 4.69) is 4.99 Å². The number of phenols is 1. The van der Waals surface area contributed by atoms with Crippen LogP contribution in [-0.4, -0.2) is 37.2 Å². The number of benzene rings is 2. The lowest BCUT2D eigenvalue weighted by molar-refractivity contribution is 0.187. The highest BCUT2D eigenvalue weighted by atomic mass is 16.5. The van der Waals surface area contributed by atoms with Crippen LogP contribution in [-0.2, 0) is 0 Å². The zero-order valence-corrected chi connectivity index (χ0v) is 12.6. The molecule has 2 aromatic rings. The Morgan fingerprint density at radius 1 is 1.05 bits per heavy atom. The summed E-state index contributed by atoms with van der Waals surface area (Å²) in [5.41, 5.74) is 1.57. The SMILES string of the molecule is COc1ccc(C(O)CN=Cc2ccc(O)cc2)cc1OC. The Hall–Kier alpha value is -2.53. The number of methoxy groups -OCH3 is 2. The van der Waals surface area contributed by atoms with Crippen molar-refractivity contribution in [3.05, 3.63) is 53.6 Å². The molecule has 0 bridgehead atoms. The van der Waals surface area contributed by atoms with Crippen molar-refractivity contribution in [2.24, 2.45) is 4.99 Å². The van der Waals surface area contributed by atoms with Crippen LogP contribution < -0.4 is 9.47 Å². The summed E-state index contributed by atoms with van der Waals surface area (Å²) in [5.74, 6) is 1.40. The minimum absolute atomic E-state index is 0.211. The van der Waals surface area contributed by atoms with Gasteiger partial charge in [0.05, 0.1) is 26.9 Å². The van der Waals surface area contributed by atoms with Gasteiger partial charge in [0.15, 0.2) is 11.5 Å². The van der Waals surface area contributed by atoms with Crippen molar-refractivity contribution in [1.29, 1.82) is 0 Å². The highest BCUT2D eigenvalue weighted by Crippen LogP contribution is 2.30. The highest BCUT2D eigenvalue weighted by molar-refractivity contribution is 5.79. The zero-order chi connectivity index (χ0) is 15.9. The fraction of sp³-hybridized carbons (Fsp3) is 0.235. The third-order valence-corrected chi connectivity index (χ3v) is 3.20. The Kier molecular flexibility index (Phi) is 5.38. The third-order valence-electron chi connectivity index (χ3n) is 3.20. The quantitative estimate of drug-likeness (QED) is 0.804. The van der Waals surface area contributed by atoms with Crippen molar-refractivity contribution in [2.45, 2.75) is 6.10 Å². The standard InChI is InChI=1S/C17H19NO4/c1-21-16-8-5-13(9-17(16)22-2)15(20)11-18-10-12-3-6-14(19)7-4-12/h3-10,15,19-20H,11H2,1-2H3. The molecule has 0 fully saturated rings. The van der Waals surface area contributed by atoms with E-state index in [4.69, 9.17) is 9.47 Å². The minimum atomic E-state index is -0.729. The Morgan fingerprint density at radius 3 is 2.36 bits per heavy atom. The molecule has 1 unspecified atom stereocenters. The Morgan fingerprint density at radius 2 is 1.73 bits per heavy atom.